The maximum absolute atomic E-state index is 11.5. The van der Waals surface area contributed by atoms with Gasteiger partial charge in [0.05, 0.1) is 33.0 Å². The number of aryl methyl sites for hydroxylation is 9. The molecular formula is C104H134O12. The fourth-order valence-corrected chi connectivity index (χ4v) is 11.6. The van der Waals surface area contributed by atoms with Crippen molar-refractivity contribution in [2.24, 2.45) is 0 Å². The molecule has 0 heterocycles. The lowest BCUT2D eigenvalue weighted by Crippen LogP contribution is -2.08. The zero-order valence-corrected chi connectivity index (χ0v) is 71.1. The molecule has 0 aromatic heterocycles. The second-order valence-electron chi connectivity index (χ2n) is 28.6. The van der Waals surface area contributed by atoms with Gasteiger partial charge in [-0.15, -0.1) is 0 Å². The highest BCUT2D eigenvalue weighted by Gasteiger charge is 2.14. The molecule has 12 nitrogen and oxygen atoms in total. The molecule has 0 N–H and O–H groups in total. The van der Waals surface area contributed by atoms with Gasteiger partial charge in [-0.05, 0) is 219 Å². The van der Waals surface area contributed by atoms with E-state index in [-0.39, 0.29) is 29.8 Å². The summed E-state index contributed by atoms with van der Waals surface area (Å²) in [7, 11) is 3.37. The van der Waals surface area contributed by atoms with E-state index in [1.807, 2.05) is 159 Å². The lowest BCUT2D eigenvalue weighted by atomic mass is 9.86. The predicted octanol–water partition coefficient (Wildman–Crippen LogP) is 24.4. The van der Waals surface area contributed by atoms with E-state index in [0.717, 1.165) is 105 Å². The van der Waals surface area contributed by atoms with Gasteiger partial charge >= 0.3 is 29.8 Å². The van der Waals surface area contributed by atoms with Gasteiger partial charge in [-0.25, -0.2) is 24.0 Å². The molecule has 116 heavy (non-hydrogen) atoms. The Kier molecular flexibility index (Phi) is 55.8. The smallest absolute Gasteiger partial charge is 0.330 e. The molecule has 0 spiro atoms. The van der Waals surface area contributed by atoms with Crippen LogP contribution in [0.2, 0.25) is 0 Å². The van der Waals surface area contributed by atoms with Gasteiger partial charge in [0.15, 0.2) is 0 Å². The Morgan fingerprint density at radius 1 is 0.267 bits per heavy atom. The van der Waals surface area contributed by atoms with Gasteiger partial charge in [-0.1, -0.05) is 304 Å². The van der Waals surface area contributed by atoms with Crippen molar-refractivity contribution >= 4 is 60.2 Å². The molecule has 0 amide bonds. The number of hydrogen-bond acceptors (Lipinski definition) is 12. The Morgan fingerprint density at radius 3 is 0.845 bits per heavy atom. The van der Waals surface area contributed by atoms with E-state index in [4.69, 9.17) is 33.2 Å². The number of carbonyl (C=O) groups is 5. The van der Waals surface area contributed by atoms with Crippen LogP contribution < -0.4 is 0 Å². The summed E-state index contributed by atoms with van der Waals surface area (Å²) in [6.45, 7) is 16.8. The summed E-state index contributed by atoms with van der Waals surface area (Å²) >= 11 is 0. The van der Waals surface area contributed by atoms with E-state index in [1.54, 1.807) is 78.0 Å². The van der Waals surface area contributed by atoms with E-state index < -0.39 is 0 Å². The van der Waals surface area contributed by atoms with Crippen molar-refractivity contribution in [1.82, 2.24) is 0 Å². The van der Waals surface area contributed by atoms with E-state index >= 15 is 0 Å². The van der Waals surface area contributed by atoms with Crippen LogP contribution in [0.15, 0.2) is 237 Å². The fraction of sp³-hybridized carbons (Fsp3) is 0.394. The minimum atomic E-state index is -0.300. The number of benzene rings is 8. The highest BCUT2D eigenvalue weighted by Crippen LogP contribution is 2.26. The van der Waals surface area contributed by atoms with Crippen LogP contribution in [0.1, 0.15) is 228 Å². The molecule has 0 atom stereocenters. The SMILES string of the molecule is CCCCCCCCCOC(=O)/C=C/c1ccccc1.CCCCOC(=O)/C=C/c1ccccc1.CCCCc1ccc2c(c1)CC2.CCCOC(=O)/C=C/c1ccccc1.CCc1ccc2c(c1)CC2.COCCCCCCOC(=O)/C=C/c1ccccc1.COCCCCOC(=O)/C=C/c1ccccc1.Cc1ccc2c(c1)CC2. The number of methoxy groups -OCH3 is 2. The first-order chi connectivity index (χ1) is 56.8. The van der Waals surface area contributed by atoms with Gasteiger partial charge in [-0.3, -0.25) is 0 Å². The second-order valence-corrected chi connectivity index (χ2v) is 28.6. The molecule has 0 fully saturated rings. The van der Waals surface area contributed by atoms with Crippen molar-refractivity contribution in [1.29, 1.82) is 0 Å². The average Bonchev–Trinajstić information content (AvgIpc) is 0.831. The summed E-state index contributed by atoms with van der Waals surface area (Å²) in [5.41, 5.74) is 18.9. The summed E-state index contributed by atoms with van der Waals surface area (Å²) in [6.07, 6.45) is 46.4. The van der Waals surface area contributed by atoms with Gasteiger partial charge in [0.2, 0.25) is 0 Å². The topological polar surface area (TPSA) is 150 Å². The van der Waals surface area contributed by atoms with Crippen LogP contribution in [-0.2, 0) is 108 Å². The molecule has 3 aliphatic rings. The third kappa shape index (κ3) is 48.8. The summed E-state index contributed by atoms with van der Waals surface area (Å²) in [4.78, 5) is 56.5. The van der Waals surface area contributed by atoms with Gasteiger partial charge < -0.3 is 33.2 Å². The molecule has 622 valence electrons. The Bertz CT molecular complexity index is 4050. The summed E-state index contributed by atoms with van der Waals surface area (Å²) in [5.74, 6) is -1.38. The van der Waals surface area contributed by atoms with Gasteiger partial charge in [0.1, 0.15) is 0 Å². The van der Waals surface area contributed by atoms with Gasteiger partial charge in [0.25, 0.3) is 0 Å². The molecule has 0 bridgehead atoms. The third-order valence-electron chi connectivity index (χ3n) is 18.8. The lowest BCUT2D eigenvalue weighted by Gasteiger charge is -2.19. The average molecular weight is 1580 g/mol. The van der Waals surface area contributed by atoms with Gasteiger partial charge in [-0.2, -0.15) is 0 Å². The highest BCUT2D eigenvalue weighted by atomic mass is 16.5. The third-order valence-corrected chi connectivity index (χ3v) is 18.8. The molecular weight excluding hydrogens is 1440 g/mol. The monoisotopic (exact) mass is 1570 g/mol. The predicted molar refractivity (Wildman–Crippen MR) is 481 cm³/mol. The molecule has 8 aromatic carbocycles. The largest absolute Gasteiger partial charge is 0.463 e. The Balaban J connectivity index is 0.000000282. The van der Waals surface area contributed by atoms with E-state index in [1.165, 1.54) is 143 Å². The minimum absolute atomic E-state index is 0.250. The zero-order valence-electron chi connectivity index (χ0n) is 71.1. The first kappa shape index (κ1) is 98.1. The second kappa shape index (κ2) is 65.9. The van der Waals surface area contributed by atoms with Crippen molar-refractivity contribution in [3.63, 3.8) is 0 Å². The van der Waals surface area contributed by atoms with Crippen molar-refractivity contribution in [2.75, 3.05) is 60.5 Å². The Morgan fingerprint density at radius 2 is 0.543 bits per heavy atom. The van der Waals surface area contributed by atoms with Crippen LogP contribution in [0.5, 0.6) is 0 Å². The number of ether oxygens (including phenoxy) is 7. The van der Waals surface area contributed by atoms with E-state index in [0.29, 0.717) is 39.6 Å². The molecule has 8 aromatic rings. The number of esters is 5. The lowest BCUT2D eigenvalue weighted by molar-refractivity contribution is -0.138. The standard InChI is InChI=1S/C18H26O2.C16H22O3.C14H18O3.C13H16O2.C12H14O2.C12H16.C10H12.C9H10/c1-2-3-4-5-6-7-11-16-20-18(19)15-14-17-12-9-8-10-13-17;1-18-13-7-2-3-8-14-19-16(17)12-11-15-9-5-4-6-10-15;1-16-11-5-6-12-17-14(15)10-9-13-7-3-2-4-8-13;1-2-3-11-15-13(14)10-9-12-7-5-4-6-8-12;1-2-10-14-12(13)9-8-11-6-4-3-5-7-11;1-2-3-4-10-5-6-11-7-8-12(11)9-10;1-2-8-3-4-9-5-6-10(9)7-8;1-7-2-3-8-4-5-9(8)6-7/h8-10,12-15H,2-7,11,16H2,1H3;4-6,9-12H,2-3,7-8,13-14H2,1H3;2-4,7-10H,5-6,11-12H2,1H3;4-10H,2-3,11H2,1H3;3-9H,2,10H2,1H3;5-6,9H,2-4,7-8H2,1H3;3-4,7H,2,5-6H2,1H3;2-3,6H,4-5H2,1H3/b15-14+;12-11+;2*10-9+;9-8+;;;. The van der Waals surface area contributed by atoms with Crippen LogP contribution in [0.25, 0.3) is 30.4 Å². The van der Waals surface area contributed by atoms with Crippen molar-refractivity contribution < 1.29 is 57.1 Å². The zero-order chi connectivity index (χ0) is 83.4. The molecule has 0 aliphatic heterocycles. The molecule has 0 saturated heterocycles. The van der Waals surface area contributed by atoms with Crippen molar-refractivity contribution in [3.05, 3.63) is 315 Å². The normalized spacial score (nSPS) is 11.6. The van der Waals surface area contributed by atoms with E-state index in [9.17, 15) is 24.0 Å². The maximum Gasteiger partial charge on any atom is 0.330 e. The Labute approximate surface area is 696 Å². The van der Waals surface area contributed by atoms with Crippen LogP contribution in [0.3, 0.4) is 0 Å². The molecule has 0 saturated carbocycles. The number of carbonyl (C=O) groups excluding carboxylic acids is 5. The number of rotatable bonds is 39. The number of fused-ring (bicyclic) bond motifs is 3. The quantitative estimate of drug-likeness (QED) is 0.0156. The summed E-state index contributed by atoms with van der Waals surface area (Å²) in [6, 6.07) is 69.1. The van der Waals surface area contributed by atoms with Crippen molar-refractivity contribution in [3.8, 4) is 0 Å². The van der Waals surface area contributed by atoms with Crippen LogP contribution in [-0.4, -0.2) is 90.3 Å². The Hall–Kier alpha value is -10.3. The maximum atomic E-state index is 11.5. The molecule has 12 heteroatoms. The van der Waals surface area contributed by atoms with Crippen LogP contribution >= 0.6 is 0 Å². The number of unbranched alkanes of at least 4 members (excludes halogenated alkanes) is 12. The summed E-state index contributed by atoms with van der Waals surface area (Å²) in [5, 5.41) is 0. The first-order valence-corrected chi connectivity index (χ1v) is 42.6. The fourth-order valence-electron chi connectivity index (χ4n) is 11.6. The van der Waals surface area contributed by atoms with Crippen molar-refractivity contribution in [2.45, 2.75) is 208 Å². The van der Waals surface area contributed by atoms with Crippen LogP contribution in [0, 0.1) is 6.92 Å². The molecule has 3 aliphatic carbocycles. The summed E-state index contributed by atoms with van der Waals surface area (Å²) < 4.78 is 35.0. The molecule has 0 radical (unpaired) electrons. The highest BCUT2D eigenvalue weighted by molar-refractivity contribution is 5.89. The molecule has 0 unspecified atom stereocenters. The van der Waals surface area contributed by atoms with Gasteiger partial charge in [0, 0.05) is 57.8 Å². The van der Waals surface area contributed by atoms with Crippen LogP contribution in [0.4, 0.5) is 0 Å². The first-order valence-electron chi connectivity index (χ1n) is 42.6. The minimum Gasteiger partial charge on any atom is -0.463 e. The molecule has 11 rings (SSSR count). The number of hydrogen-bond donors (Lipinski definition) is 0. The van der Waals surface area contributed by atoms with E-state index in [2.05, 4.69) is 89.2 Å².